The van der Waals surface area contributed by atoms with Crippen molar-refractivity contribution >= 4 is 22.6 Å². The molecule has 0 fully saturated rings. The van der Waals surface area contributed by atoms with Gasteiger partial charge in [0.05, 0.1) is 27.9 Å². The third kappa shape index (κ3) is 2.86. The molecule has 0 saturated heterocycles. The van der Waals surface area contributed by atoms with Crippen LogP contribution in [0.4, 0.5) is 4.39 Å². The van der Waals surface area contributed by atoms with Gasteiger partial charge in [-0.3, -0.25) is 4.98 Å². The molecule has 0 bridgehead atoms. The Labute approximate surface area is 126 Å². The molecule has 3 aromatic rings. The van der Waals surface area contributed by atoms with Crippen LogP contribution in [0.1, 0.15) is 17.4 Å². The number of benzene rings is 2. The lowest BCUT2D eigenvalue weighted by molar-refractivity contribution is 0.172. The topological polar surface area (TPSA) is 46.0 Å². The zero-order valence-corrected chi connectivity index (χ0v) is 11.8. The summed E-state index contributed by atoms with van der Waals surface area (Å²) >= 11 is 5.74. The van der Waals surface area contributed by atoms with Gasteiger partial charge in [-0.1, -0.05) is 35.9 Å². The van der Waals surface area contributed by atoms with Gasteiger partial charge in [-0.25, -0.2) is 9.37 Å². The maximum Gasteiger partial charge on any atom is 0.145 e. The molecule has 21 heavy (non-hydrogen) atoms. The largest absolute Gasteiger partial charge is 0.386 e. The Bertz CT molecular complexity index is 794. The molecular weight excluding hydrogens is 291 g/mol. The Hall–Kier alpha value is -2.04. The highest BCUT2D eigenvalue weighted by atomic mass is 35.5. The van der Waals surface area contributed by atoms with Crippen molar-refractivity contribution in [3.8, 4) is 0 Å². The van der Waals surface area contributed by atoms with E-state index < -0.39 is 11.9 Å². The lowest BCUT2D eigenvalue weighted by atomic mass is 10.1. The van der Waals surface area contributed by atoms with Gasteiger partial charge in [-0.15, -0.1) is 0 Å². The number of para-hydroxylation sites is 2. The van der Waals surface area contributed by atoms with Crippen LogP contribution in [0.2, 0.25) is 5.02 Å². The molecule has 1 atom stereocenters. The highest BCUT2D eigenvalue weighted by Gasteiger charge is 2.15. The molecule has 1 unspecified atom stereocenters. The molecule has 3 rings (SSSR count). The first-order valence-corrected chi connectivity index (χ1v) is 6.85. The smallest absolute Gasteiger partial charge is 0.145 e. The fourth-order valence-electron chi connectivity index (χ4n) is 2.15. The summed E-state index contributed by atoms with van der Waals surface area (Å²) in [6, 6.07) is 12.1. The fourth-order valence-corrected chi connectivity index (χ4v) is 2.35. The predicted octanol–water partition coefficient (Wildman–Crippen LogP) is 3.70. The van der Waals surface area contributed by atoms with E-state index in [4.69, 9.17) is 11.6 Å². The first-order valence-electron chi connectivity index (χ1n) is 6.48. The molecule has 2 aromatic carbocycles. The second-order valence-corrected chi connectivity index (χ2v) is 5.12. The summed E-state index contributed by atoms with van der Waals surface area (Å²) in [5.41, 5.74) is 2.21. The highest BCUT2D eigenvalue weighted by molar-refractivity contribution is 6.30. The number of hydrogen-bond donors (Lipinski definition) is 1. The molecule has 1 aromatic heterocycles. The number of fused-ring (bicyclic) bond motifs is 1. The van der Waals surface area contributed by atoms with Crippen molar-refractivity contribution in [1.82, 2.24) is 9.97 Å². The number of halogens is 2. The first-order chi connectivity index (χ1) is 10.1. The van der Waals surface area contributed by atoms with E-state index in [0.29, 0.717) is 16.8 Å². The maximum absolute atomic E-state index is 13.9. The summed E-state index contributed by atoms with van der Waals surface area (Å²) in [5.74, 6) is -0.507. The van der Waals surface area contributed by atoms with E-state index in [1.54, 1.807) is 12.1 Å². The monoisotopic (exact) mass is 302 g/mol. The summed E-state index contributed by atoms with van der Waals surface area (Å²) in [5, 5.41) is 10.3. The highest BCUT2D eigenvalue weighted by Crippen LogP contribution is 2.23. The van der Waals surface area contributed by atoms with Crippen molar-refractivity contribution in [2.75, 3.05) is 0 Å². The second-order valence-electron chi connectivity index (χ2n) is 4.72. The van der Waals surface area contributed by atoms with E-state index in [-0.39, 0.29) is 11.4 Å². The van der Waals surface area contributed by atoms with Crippen LogP contribution >= 0.6 is 11.6 Å². The molecule has 0 saturated carbocycles. The van der Waals surface area contributed by atoms with Crippen molar-refractivity contribution in [2.24, 2.45) is 0 Å². The summed E-state index contributed by atoms with van der Waals surface area (Å²) in [6.07, 6.45) is 0.671. The van der Waals surface area contributed by atoms with Crippen LogP contribution in [0.5, 0.6) is 0 Å². The molecule has 0 radical (unpaired) electrons. The molecule has 5 heteroatoms. The van der Waals surface area contributed by atoms with E-state index >= 15 is 0 Å². The Kier molecular flexibility index (Phi) is 3.82. The zero-order valence-electron chi connectivity index (χ0n) is 11.0. The lowest BCUT2D eigenvalue weighted by Gasteiger charge is -2.11. The fraction of sp³-hybridized carbons (Fsp3) is 0.125. The Morgan fingerprint density at radius 2 is 1.86 bits per heavy atom. The number of aliphatic hydroxyl groups is 1. The Morgan fingerprint density at radius 3 is 2.67 bits per heavy atom. The summed E-state index contributed by atoms with van der Waals surface area (Å²) in [6.45, 7) is 0. The van der Waals surface area contributed by atoms with Gasteiger partial charge in [0.1, 0.15) is 11.9 Å². The summed E-state index contributed by atoms with van der Waals surface area (Å²) in [7, 11) is 0. The van der Waals surface area contributed by atoms with E-state index in [1.165, 1.54) is 12.3 Å². The van der Waals surface area contributed by atoms with Gasteiger partial charge in [0.15, 0.2) is 0 Å². The van der Waals surface area contributed by atoms with Crippen LogP contribution in [-0.2, 0) is 6.42 Å². The minimum absolute atomic E-state index is 0.0456. The standard InChI is InChI=1S/C16H12ClFN2O/c17-11-5-3-4-10(16(11)18)8-15(21)14-9-19-12-6-1-2-7-13(12)20-14/h1-7,9,15,21H,8H2. The molecule has 1 heterocycles. The average Bonchev–Trinajstić information content (AvgIpc) is 2.51. The number of aliphatic hydroxyl groups excluding tert-OH is 1. The number of aromatic nitrogens is 2. The molecule has 0 aliphatic heterocycles. The van der Waals surface area contributed by atoms with Crippen LogP contribution < -0.4 is 0 Å². The summed E-state index contributed by atoms with van der Waals surface area (Å²) < 4.78 is 13.9. The lowest BCUT2D eigenvalue weighted by Crippen LogP contribution is -2.06. The number of rotatable bonds is 3. The third-order valence-electron chi connectivity index (χ3n) is 3.25. The molecule has 1 N–H and O–H groups in total. The van der Waals surface area contributed by atoms with E-state index in [9.17, 15) is 9.50 Å². The van der Waals surface area contributed by atoms with Crippen molar-refractivity contribution in [2.45, 2.75) is 12.5 Å². The zero-order chi connectivity index (χ0) is 14.8. The third-order valence-corrected chi connectivity index (χ3v) is 3.55. The van der Waals surface area contributed by atoms with Gasteiger partial charge >= 0.3 is 0 Å². The summed E-state index contributed by atoms with van der Waals surface area (Å²) in [4.78, 5) is 8.60. The van der Waals surface area contributed by atoms with Crippen molar-refractivity contribution in [1.29, 1.82) is 0 Å². The van der Waals surface area contributed by atoms with Crippen LogP contribution in [0.15, 0.2) is 48.7 Å². The van der Waals surface area contributed by atoms with Gasteiger partial charge in [0, 0.05) is 6.42 Å². The van der Waals surface area contributed by atoms with Crippen LogP contribution in [-0.4, -0.2) is 15.1 Å². The Balaban J connectivity index is 1.89. The Morgan fingerprint density at radius 1 is 1.10 bits per heavy atom. The van der Waals surface area contributed by atoms with Gasteiger partial charge in [-0.2, -0.15) is 0 Å². The van der Waals surface area contributed by atoms with Gasteiger partial charge in [-0.05, 0) is 23.8 Å². The molecule has 106 valence electrons. The van der Waals surface area contributed by atoms with E-state index in [1.807, 2.05) is 24.3 Å². The first kappa shape index (κ1) is 13.9. The van der Waals surface area contributed by atoms with E-state index in [0.717, 1.165) is 5.52 Å². The molecular formula is C16H12ClFN2O. The van der Waals surface area contributed by atoms with Gasteiger partial charge < -0.3 is 5.11 Å². The maximum atomic E-state index is 13.9. The van der Waals surface area contributed by atoms with Crippen LogP contribution in [0, 0.1) is 5.82 Å². The predicted molar refractivity (Wildman–Crippen MR) is 79.6 cm³/mol. The molecule has 0 amide bonds. The van der Waals surface area contributed by atoms with Crippen molar-refractivity contribution < 1.29 is 9.50 Å². The van der Waals surface area contributed by atoms with Crippen LogP contribution in [0.25, 0.3) is 11.0 Å². The minimum atomic E-state index is -0.935. The molecule has 3 nitrogen and oxygen atoms in total. The van der Waals surface area contributed by atoms with Gasteiger partial charge in [0.25, 0.3) is 0 Å². The number of nitrogens with zero attached hydrogens (tertiary/aromatic N) is 2. The molecule has 0 spiro atoms. The molecule has 0 aliphatic rings. The second kappa shape index (κ2) is 5.76. The van der Waals surface area contributed by atoms with Crippen molar-refractivity contribution in [3.05, 3.63) is 70.8 Å². The van der Waals surface area contributed by atoms with E-state index in [2.05, 4.69) is 9.97 Å². The molecule has 0 aliphatic carbocycles. The average molecular weight is 303 g/mol. The quantitative estimate of drug-likeness (QED) is 0.802. The number of hydrogen-bond acceptors (Lipinski definition) is 3. The SMILES string of the molecule is OC(Cc1cccc(Cl)c1F)c1cnc2ccccc2n1. The van der Waals surface area contributed by atoms with Crippen LogP contribution in [0.3, 0.4) is 0 Å². The van der Waals surface area contributed by atoms with Gasteiger partial charge in [0.2, 0.25) is 0 Å². The van der Waals surface area contributed by atoms with Crippen molar-refractivity contribution in [3.63, 3.8) is 0 Å². The normalized spacial score (nSPS) is 12.5. The minimum Gasteiger partial charge on any atom is -0.386 e.